The molecular formula is C11H9NO6. The van der Waals surface area contributed by atoms with Crippen molar-refractivity contribution in [2.45, 2.75) is 11.8 Å². The number of nitro groups is 1. The first-order valence-corrected chi connectivity index (χ1v) is 5.10. The van der Waals surface area contributed by atoms with Gasteiger partial charge in [0.2, 0.25) is 0 Å². The van der Waals surface area contributed by atoms with Crippen LogP contribution in [0, 0.1) is 16.0 Å². The predicted octanol–water partition coefficient (Wildman–Crippen LogP) is 1.02. The highest BCUT2D eigenvalue weighted by Gasteiger charge is 2.65. The SMILES string of the molecule is O=C(O)[C@@H]1C[C@@]1(C(=O)O)c1ccc([N+](=O)[O-])cc1. The van der Waals surface area contributed by atoms with Crippen molar-refractivity contribution in [1.29, 1.82) is 0 Å². The third kappa shape index (κ3) is 1.60. The van der Waals surface area contributed by atoms with Gasteiger partial charge >= 0.3 is 11.9 Å². The van der Waals surface area contributed by atoms with Crippen LogP contribution in [-0.2, 0) is 15.0 Å². The molecule has 1 aliphatic rings. The fourth-order valence-corrected chi connectivity index (χ4v) is 2.12. The molecule has 0 aromatic heterocycles. The molecular weight excluding hydrogens is 242 g/mol. The van der Waals surface area contributed by atoms with Crippen LogP contribution in [0.15, 0.2) is 24.3 Å². The van der Waals surface area contributed by atoms with Gasteiger partial charge < -0.3 is 10.2 Å². The number of non-ortho nitro benzene ring substituents is 1. The lowest BCUT2D eigenvalue weighted by atomic mass is 9.93. The van der Waals surface area contributed by atoms with Crippen LogP contribution in [0.5, 0.6) is 0 Å². The largest absolute Gasteiger partial charge is 0.481 e. The smallest absolute Gasteiger partial charge is 0.315 e. The highest BCUT2D eigenvalue weighted by molar-refractivity contribution is 5.94. The molecule has 18 heavy (non-hydrogen) atoms. The Kier molecular flexibility index (Phi) is 2.54. The highest BCUT2D eigenvalue weighted by atomic mass is 16.6. The van der Waals surface area contributed by atoms with Gasteiger partial charge in [-0.1, -0.05) is 12.1 Å². The number of carboxylic acid groups (broad SMARTS) is 2. The van der Waals surface area contributed by atoms with Crippen LogP contribution in [0.3, 0.4) is 0 Å². The van der Waals surface area contributed by atoms with Gasteiger partial charge in [-0.3, -0.25) is 19.7 Å². The van der Waals surface area contributed by atoms with E-state index in [0.717, 1.165) is 0 Å². The van der Waals surface area contributed by atoms with E-state index in [1.165, 1.54) is 24.3 Å². The number of hydrogen-bond acceptors (Lipinski definition) is 4. The zero-order valence-electron chi connectivity index (χ0n) is 9.07. The van der Waals surface area contributed by atoms with E-state index >= 15 is 0 Å². The summed E-state index contributed by atoms with van der Waals surface area (Å²) in [5, 5.41) is 28.5. The van der Waals surface area contributed by atoms with Gasteiger partial charge in [-0.05, 0) is 12.0 Å². The third-order valence-corrected chi connectivity index (χ3v) is 3.23. The minimum atomic E-state index is -1.44. The molecule has 1 saturated carbocycles. The van der Waals surface area contributed by atoms with Crippen molar-refractivity contribution in [3.63, 3.8) is 0 Å². The number of aliphatic carboxylic acids is 2. The average molecular weight is 251 g/mol. The molecule has 1 aliphatic carbocycles. The molecule has 0 amide bonds. The Morgan fingerprint density at radius 2 is 1.83 bits per heavy atom. The number of nitrogens with zero attached hydrogens (tertiary/aromatic N) is 1. The predicted molar refractivity (Wildman–Crippen MR) is 58.2 cm³/mol. The summed E-state index contributed by atoms with van der Waals surface area (Å²) in [7, 11) is 0. The van der Waals surface area contributed by atoms with Crippen molar-refractivity contribution in [2.24, 2.45) is 5.92 Å². The monoisotopic (exact) mass is 251 g/mol. The first-order valence-electron chi connectivity index (χ1n) is 5.10. The Morgan fingerprint density at radius 3 is 2.17 bits per heavy atom. The first-order chi connectivity index (χ1) is 8.39. The van der Waals surface area contributed by atoms with Crippen molar-refractivity contribution in [3.05, 3.63) is 39.9 Å². The Labute approximate surface area is 101 Å². The molecule has 0 spiro atoms. The molecule has 2 atom stereocenters. The molecule has 2 rings (SSSR count). The van der Waals surface area contributed by atoms with Crippen LogP contribution >= 0.6 is 0 Å². The average Bonchev–Trinajstić information content (AvgIpc) is 3.05. The molecule has 2 N–H and O–H groups in total. The van der Waals surface area contributed by atoms with E-state index in [1.807, 2.05) is 0 Å². The molecule has 7 nitrogen and oxygen atoms in total. The number of nitro benzene ring substituents is 1. The summed E-state index contributed by atoms with van der Waals surface area (Å²) in [5.41, 5.74) is -1.32. The lowest BCUT2D eigenvalue weighted by molar-refractivity contribution is -0.384. The quantitative estimate of drug-likeness (QED) is 0.609. The summed E-state index contributed by atoms with van der Waals surface area (Å²) in [6, 6.07) is 4.96. The molecule has 0 bridgehead atoms. The van der Waals surface area contributed by atoms with Crippen molar-refractivity contribution in [2.75, 3.05) is 0 Å². The molecule has 1 fully saturated rings. The van der Waals surface area contributed by atoms with E-state index in [0.29, 0.717) is 0 Å². The van der Waals surface area contributed by atoms with Gasteiger partial charge in [0.15, 0.2) is 0 Å². The van der Waals surface area contributed by atoms with E-state index in [-0.39, 0.29) is 17.7 Å². The standard InChI is InChI=1S/C11H9NO6/c13-9(14)8-5-11(8,10(15)16)6-1-3-7(4-2-6)12(17)18/h1-4,8H,5H2,(H,13,14)(H,15,16)/t8-,11+/m0/s1. The molecule has 1 aromatic rings. The van der Waals surface area contributed by atoms with Gasteiger partial charge in [0.1, 0.15) is 5.41 Å². The third-order valence-electron chi connectivity index (χ3n) is 3.23. The summed E-state index contributed by atoms with van der Waals surface area (Å²) in [6.07, 6.45) is 0.00940. The minimum absolute atomic E-state index is 0.00940. The number of carbonyl (C=O) groups is 2. The second-order valence-electron chi connectivity index (χ2n) is 4.18. The second kappa shape index (κ2) is 3.80. The fraction of sp³-hybridized carbons (Fsp3) is 0.273. The normalized spacial score (nSPS) is 25.4. The molecule has 94 valence electrons. The van der Waals surface area contributed by atoms with E-state index in [4.69, 9.17) is 10.2 Å². The highest BCUT2D eigenvalue weighted by Crippen LogP contribution is 2.54. The molecule has 0 unspecified atom stereocenters. The van der Waals surface area contributed by atoms with Gasteiger partial charge in [0.05, 0.1) is 10.8 Å². The van der Waals surface area contributed by atoms with Gasteiger partial charge in [-0.25, -0.2) is 0 Å². The maximum Gasteiger partial charge on any atom is 0.315 e. The van der Waals surface area contributed by atoms with Crippen LogP contribution in [0.25, 0.3) is 0 Å². The maximum absolute atomic E-state index is 11.2. The number of carboxylic acids is 2. The maximum atomic E-state index is 11.2. The van der Waals surface area contributed by atoms with Crippen molar-refractivity contribution >= 4 is 17.6 Å². The Bertz CT molecular complexity index is 537. The van der Waals surface area contributed by atoms with Crippen molar-refractivity contribution < 1.29 is 24.7 Å². The number of hydrogen-bond donors (Lipinski definition) is 2. The van der Waals surface area contributed by atoms with Crippen LogP contribution in [0.4, 0.5) is 5.69 Å². The molecule has 1 aromatic carbocycles. The van der Waals surface area contributed by atoms with E-state index in [9.17, 15) is 19.7 Å². The Hall–Kier alpha value is -2.44. The summed E-state index contributed by atoms with van der Waals surface area (Å²) in [6.45, 7) is 0. The van der Waals surface area contributed by atoms with E-state index in [1.54, 1.807) is 0 Å². The van der Waals surface area contributed by atoms with Gasteiger partial charge in [0.25, 0.3) is 5.69 Å². The van der Waals surface area contributed by atoms with Crippen molar-refractivity contribution in [3.8, 4) is 0 Å². The van der Waals surface area contributed by atoms with Gasteiger partial charge in [0, 0.05) is 12.1 Å². The molecule has 0 saturated heterocycles. The lowest BCUT2D eigenvalue weighted by Gasteiger charge is -2.10. The zero-order valence-corrected chi connectivity index (χ0v) is 9.07. The van der Waals surface area contributed by atoms with Crippen LogP contribution < -0.4 is 0 Å². The molecule has 0 radical (unpaired) electrons. The molecule has 0 heterocycles. The zero-order chi connectivity index (χ0) is 13.5. The first kappa shape index (κ1) is 12.0. The summed E-state index contributed by atoms with van der Waals surface area (Å²) in [5.74, 6) is -3.36. The van der Waals surface area contributed by atoms with Crippen LogP contribution in [0.2, 0.25) is 0 Å². The Balaban J connectivity index is 2.38. The molecule has 7 heteroatoms. The number of benzene rings is 1. The Morgan fingerprint density at radius 1 is 1.28 bits per heavy atom. The van der Waals surface area contributed by atoms with Crippen LogP contribution in [-0.4, -0.2) is 27.1 Å². The summed E-state index contributed by atoms with van der Waals surface area (Å²) >= 11 is 0. The van der Waals surface area contributed by atoms with Gasteiger partial charge in [-0.15, -0.1) is 0 Å². The van der Waals surface area contributed by atoms with Crippen molar-refractivity contribution in [1.82, 2.24) is 0 Å². The van der Waals surface area contributed by atoms with Gasteiger partial charge in [-0.2, -0.15) is 0 Å². The summed E-state index contributed by atoms with van der Waals surface area (Å²) in [4.78, 5) is 32.0. The minimum Gasteiger partial charge on any atom is -0.481 e. The topological polar surface area (TPSA) is 118 Å². The van der Waals surface area contributed by atoms with E-state index in [2.05, 4.69) is 0 Å². The second-order valence-corrected chi connectivity index (χ2v) is 4.18. The van der Waals surface area contributed by atoms with E-state index < -0.39 is 28.2 Å². The summed E-state index contributed by atoms with van der Waals surface area (Å²) < 4.78 is 0. The molecule has 0 aliphatic heterocycles. The number of rotatable bonds is 4. The lowest BCUT2D eigenvalue weighted by Crippen LogP contribution is -2.25. The fourth-order valence-electron chi connectivity index (χ4n) is 2.12. The van der Waals surface area contributed by atoms with Crippen LogP contribution in [0.1, 0.15) is 12.0 Å².